The average Bonchev–Trinajstić information content (AvgIpc) is 2.96. The van der Waals surface area contributed by atoms with E-state index in [9.17, 15) is 40.5 Å². The Hall–Kier alpha value is -3.47. The van der Waals surface area contributed by atoms with Crippen molar-refractivity contribution in [2.75, 3.05) is 13.2 Å². The highest BCUT2D eigenvalue weighted by Crippen LogP contribution is 2.26. The Bertz CT molecular complexity index is 1160. The zero-order chi connectivity index (χ0) is 30.6. The Morgan fingerprint density at radius 1 is 0.929 bits per heavy atom. The molecule has 0 aromatic heterocycles. The number of nitrogens with zero attached hydrogens (tertiary/aromatic N) is 2. The van der Waals surface area contributed by atoms with Gasteiger partial charge in [-0.25, -0.2) is 0 Å². The molecule has 0 amide bonds. The van der Waals surface area contributed by atoms with Crippen LogP contribution in [0.4, 0.5) is 0 Å². The second-order valence-electron chi connectivity index (χ2n) is 9.44. The highest BCUT2D eigenvalue weighted by atomic mass is 16.7. The number of phenolic OH excluding ortho intramolecular Hbond substituents is 2. The smallest absolute Gasteiger partial charge is 0.303 e. The van der Waals surface area contributed by atoms with Crippen molar-refractivity contribution in [2.24, 2.45) is 9.98 Å². The van der Waals surface area contributed by atoms with Gasteiger partial charge in [0.1, 0.15) is 42.0 Å². The zero-order valence-electron chi connectivity index (χ0n) is 22.8. The van der Waals surface area contributed by atoms with Gasteiger partial charge in [0.15, 0.2) is 18.7 Å². The summed E-state index contributed by atoms with van der Waals surface area (Å²) in [5.74, 6) is -0.625. The van der Waals surface area contributed by atoms with Gasteiger partial charge in [0, 0.05) is 13.1 Å². The summed E-state index contributed by atoms with van der Waals surface area (Å²) in [6, 6.07) is 12.5. The van der Waals surface area contributed by atoms with Crippen LogP contribution in [0.5, 0.6) is 11.5 Å². The molecule has 0 aliphatic carbocycles. The van der Waals surface area contributed by atoms with E-state index < -0.39 is 68.4 Å². The molecular weight excluding hydrogens is 556 g/mol. The van der Waals surface area contributed by atoms with Crippen molar-refractivity contribution in [1.29, 1.82) is 0 Å². The summed E-state index contributed by atoms with van der Waals surface area (Å²) >= 11 is 0. The summed E-state index contributed by atoms with van der Waals surface area (Å²) in [5, 5.41) is 70.2. The molecule has 0 saturated carbocycles. The van der Waals surface area contributed by atoms with Gasteiger partial charge in [-0.1, -0.05) is 24.3 Å². The van der Waals surface area contributed by atoms with Gasteiger partial charge in [0.2, 0.25) is 0 Å². The third kappa shape index (κ3) is 9.82. The molecule has 1 fully saturated rings. The summed E-state index contributed by atoms with van der Waals surface area (Å²) in [7, 11) is 0. The lowest BCUT2D eigenvalue weighted by Gasteiger charge is -2.42. The molecule has 1 aliphatic heterocycles. The summed E-state index contributed by atoms with van der Waals surface area (Å²) in [5.41, 5.74) is 1.47. The summed E-state index contributed by atoms with van der Waals surface area (Å²) in [6.45, 7) is -0.0138. The van der Waals surface area contributed by atoms with E-state index in [4.69, 9.17) is 18.9 Å². The summed E-state index contributed by atoms with van der Waals surface area (Å²) in [4.78, 5) is 19.9. The number of hydrogen-bond donors (Lipinski definition) is 7. The van der Waals surface area contributed by atoms with Crippen molar-refractivity contribution < 1.29 is 59.5 Å². The number of rotatable bonds is 14. The quantitative estimate of drug-likeness (QED) is 0.0830. The molecule has 2 aromatic rings. The number of carbonyl (C=O) groups is 1. The minimum atomic E-state index is -1.71. The molecule has 2 aromatic carbocycles. The number of aliphatic hydroxyl groups is 5. The number of aliphatic hydroxyl groups excluding tert-OH is 5. The highest BCUT2D eigenvalue weighted by Gasteiger charge is 2.48. The first-order valence-electron chi connectivity index (χ1n) is 13.1. The van der Waals surface area contributed by atoms with Crippen molar-refractivity contribution in [1.82, 2.24) is 0 Å². The number of ether oxygens (including phenoxy) is 4. The summed E-state index contributed by atoms with van der Waals surface area (Å²) < 4.78 is 21.9. The number of hydrogen-bond acceptors (Lipinski definition) is 14. The molecule has 7 N–H and O–H groups in total. The van der Waals surface area contributed by atoms with Gasteiger partial charge in [-0.15, -0.1) is 0 Å². The van der Waals surface area contributed by atoms with Crippen molar-refractivity contribution in [3.05, 3.63) is 59.7 Å². The molecule has 42 heavy (non-hydrogen) atoms. The molecule has 14 nitrogen and oxygen atoms in total. The fourth-order valence-electron chi connectivity index (χ4n) is 4.02. The fraction of sp³-hybridized carbons (Fsp3) is 0.464. The minimum Gasteiger partial charge on any atom is -0.508 e. The van der Waals surface area contributed by atoms with Crippen molar-refractivity contribution >= 4 is 18.4 Å². The monoisotopic (exact) mass is 592 g/mol. The molecule has 8 atom stereocenters. The molecule has 14 heteroatoms. The molecule has 1 aliphatic rings. The van der Waals surface area contributed by atoms with E-state index in [1.807, 2.05) is 0 Å². The molecule has 230 valence electrons. The maximum Gasteiger partial charge on any atom is 0.303 e. The van der Waals surface area contributed by atoms with Crippen LogP contribution in [0, 0.1) is 0 Å². The Labute approximate surface area is 241 Å². The van der Waals surface area contributed by atoms with Crippen LogP contribution in [0.25, 0.3) is 0 Å². The van der Waals surface area contributed by atoms with Crippen molar-refractivity contribution in [3.63, 3.8) is 0 Å². The van der Waals surface area contributed by atoms with E-state index in [0.717, 1.165) is 24.3 Å². The van der Waals surface area contributed by atoms with Crippen LogP contribution in [0.1, 0.15) is 18.1 Å². The number of aromatic hydroxyl groups is 2. The predicted octanol–water partition coefficient (Wildman–Crippen LogP) is -0.609. The van der Waals surface area contributed by atoms with Gasteiger partial charge in [-0.3, -0.25) is 14.8 Å². The van der Waals surface area contributed by atoms with Crippen LogP contribution in [0.3, 0.4) is 0 Å². The second kappa shape index (κ2) is 16.2. The van der Waals surface area contributed by atoms with Crippen LogP contribution in [-0.4, -0.2) is 117 Å². The molecular formula is C28H36N2O12. The number of esters is 1. The third-order valence-corrected chi connectivity index (χ3v) is 6.18. The van der Waals surface area contributed by atoms with E-state index in [0.29, 0.717) is 0 Å². The minimum absolute atomic E-state index is 0.0742. The first-order chi connectivity index (χ1) is 20.1. The molecule has 3 rings (SSSR count). The molecule has 0 spiro atoms. The lowest BCUT2D eigenvalue weighted by atomic mass is 9.99. The van der Waals surface area contributed by atoms with E-state index in [-0.39, 0.29) is 24.6 Å². The maximum absolute atomic E-state index is 11.6. The number of carbonyl (C=O) groups excluding carboxylic acids is 1. The van der Waals surface area contributed by atoms with Crippen LogP contribution in [-0.2, 0) is 36.8 Å². The van der Waals surface area contributed by atoms with Gasteiger partial charge >= 0.3 is 5.97 Å². The topological polar surface area (TPSA) is 220 Å². The predicted molar refractivity (Wildman–Crippen MR) is 147 cm³/mol. The fourth-order valence-corrected chi connectivity index (χ4v) is 4.02. The largest absolute Gasteiger partial charge is 0.508 e. The first-order valence-corrected chi connectivity index (χ1v) is 13.1. The lowest BCUT2D eigenvalue weighted by molar-refractivity contribution is -0.315. The van der Waals surface area contributed by atoms with Crippen LogP contribution in [0.15, 0.2) is 58.5 Å². The SMILES string of the molecule is CC(=O)O[C@H]1[C@@H](O)[C@H](CO)O[C@H](O[C@@H](C=NCc2ccc(O)cc2)[C@@H](CO)O[C@H](O)C=NCc2ccc(O)cc2)[C@@H]1O. The van der Waals surface area contributed by atoms with E-state index in [1.165, 1.54) is 30.5 Å². The molecule has 0 radical (unpaired) electrons. The Morgan fingerprint density at radius 2 is 1.48 bits per heavy atom. The van der Waals surface area contributed by atoms with Crippen LogP contribution < -0.4 is 0 Å². The van der Waals surface area contributed by atoms with Gasteiger partial charge in [-0.05, 0) is 35.4 Å². The average molecular weight is 593 g/mol. The van der Waals surface area contributed by atoms with Gasteiger partial charge < -0.3 is 54.7 Å². The van der Waals surface area contributed by atoms with E-state index in [2.05, 4.69) is 9.98 Å². The second-order valence-corrected chi connectivity index (χ2v) is 9.44. The van der Waals surface area contributed by atoms with Gasteiger partial charge in [0.25, 0.3) is 0 Å². The van der Waals surface area contributed by atoms with Crippen molar-refractivity contribution in [3.8, 4) is 11.5 Å². The van der Waals surface area contributed by atoms with E-state index >= 15 is 0 Å². The first kappa shape index (κ1) is 33.0. The van der Waals surface area contributed by atoms with Crippen molar-refractivity contribution in [2.45, 2.75) is 69.2 Å². The third-order valence-electron chi connectivity index (χ3n) is 6.18. The molecule has 0 bridgehead atoms. The zero-order valence-corrected chi connectivity index (χ0v) is 22.8. The summed E-state index contributed by atoms with van der Waals surface area (Å²) in [6.07, 6.45) is -9.46. The number of aliphatic imine (C=N–C) groups is 2. The molecule has 1 heterocycles. The highest BCUT2D eigenvalue weighted by molar-refractivity contribution is 5.66. The van der Waals surface area contributed by atoms with Crippen LogP contribution in [0.2, 0.25) is 0 Å². The normalized spacial score (nSPS) is 25.0. The lowest BCUT2D eigenvalue weighted by Crippen LogP contribution is -2.61. The Balaban J connectivity index is 1.77. The van der Waals surface area contributed by atoms with Crippen LogP contribution >= 0.6 is 0 Å². The number of benzene rings is 2. The van der Waals surface area contributed by atoms with E-state index in [1.54, 1.807) is 24.3 Å². The Kier molecular flexibility index (Phi) is 12.8. The Morgan fingerprint density at radius 3 is 1.98 bits per heavy atom. The standard InChI is InChI=1S/C28H36N2O12/c1-16(33)39-27-25(37)23(15-32)42-28(26(27)38)41-21(12-29-10-17-2-6-19(34)7-3-17)22(14-31)40-24(36)13-30-11-18-4-8-20(35)9-5-18/h2-9,12-13,21-28,31-32,34-38H,10-11,14-15H2,1H3/t21-,22+,23-,24-,25-,26+,27-,28-/m0/s1. The van der Waals surface area contributed by atoms with Gasteiger partial charge in [0.05, 0.1) is 32.5 Å². The maximum atomic E-state index is 11.6. The molecule has 0 unspecified atom stereocenters. The molecule has 1 saturated heterocycles. The van der Waals surface area contributed by atoms with Gasteiger partial charge in [-0.2, -0.15) is 0 Å². The number of phenols is 2.